The molecule has 3 atom stereocenters. The van der Waals surface area contributed by atoms with E-state index in [0.29, 0.717) is 6.04 Å². The van der Waals surface area contributed by atoms with E-state index in [1.54, 1.807) is 0 Å². The van der Waals surface area contributed by atoms with Gasteiger partial charge >= 0.3 is 0 Å². The van der Waals surface area contributed by atoms with Gasteiger partial charge in [-0.2, -0.15) is 0 Å². The highest BCUT2D eigenvalue weighted by atomic mass is 35.5. The number of benzene rings is 1. The zero-order valence-corrected chi connectivity index (χ0v) is 22.6. The van der Waals surface area contributed by atoms with E-state index < -0.39 is 5.60 Å². The summed E-state index contributed by atoms with van der Waals surface area (Å²) in [7, 11) is 0. The fraction of sp³-hybridized carbons (Fsp3) is 0.793. The van der Waals surface area contributed by atoms with Crippen LogP contribution in [0.1, 0.15) is 116 Å². The van der Waals surface area contributed by atoms with E-state index in [1.807, 2.05) is 0 Å². The SMILES string of the molecule is CCCCCCC(C)(C)c1ccc2c(c1)OC(C)(C)C1CCC(N3CCCCC3)CC21O.Cl. The van der Waals surface area contributed by atoms with Crippen LogP contribution in [0.2, 0.25) is 0 Å². The van der Waals surface area contributed by atoms with Gasteiger partial charge in [0.25, 0.3) is 0 Å². The van der Waals surface area contributed by atoms with Gasteiger partial charge in [-0.15, -0.1) is 12.4 Å². The lowest BCUT2D eigenvalue weighted by Crippen LogP contribution is -2.59. The van der Waals surface area contributed by atoms with E-state index in [-0.39, 0.29) is 29.3 Å². The number of aliphatic hydroxyl groups is 1. The van der Waals surface area contributed by atoms with Crippen molar-refractivity contribution in [2.45, 2.75) is 128 Å². The Morgan fingerprint density at radius 3 is 2.48 bits per heavy atom. The lowest BCUT2D eigenvalue weighted by molar-refractivity contribution is -0.161. The van der Waals surface area contributed by atoms with Gasteiger partial charge in [0.05, 0.1) is 0 Å². The molecule has 3 unspecified atom stereocenters. The molecule has 2 fully saturated rings. The number of halogens is 1. The molecule has 1 aliphatic carbocycles. The average Bonchev–Trinajstić information content (AvgIpc) is 2.76. The minimum Gasteiger partial charge on any atom is -0.487 e. The summed E-state index contributed by atoms with van der Waals surface area (Å²) in [5, 5.41) is 12.3. The third-order valence-electron chi connectivity index (χ3n) is 8.92. The summed E-state index contributed by atoms with van der Waals surface area (Å²) < 4.78 is 6.64. The van der Waals surface area contributed by atoms with Crippen LogP contribution in [0.5, 0.6) is 5.75 Å². The first-order valence-electron chi connectivity index (χ1n) is 13.5. The molecule has 4 heteroatoms. The Hall–Kier alpha value is -0.770. The molecule has 33 heavy (non-hydrogen) atoms. The third-order valence-corrected chi connectivity index (χ3v) is 8.92. The van der Waals surface area contributed by atoms with Crippen molar-refractivity contribution in [2.75, 3.05) is 13.1 Å². The molecule has 3 aliphatic rings. The Morgan fingerprint density at radius 2 is 1.79 bits per heavy atom. The maximum Gasteiger partial charge on any atom is 0.126 e. The van der Waals surface area contributed by atoms with Gasteiger partial charge in [-0.1, -0.05) is 65.0 Å². The minimum atomic E-state index is -0.790. The Morgan fingerprint density at radius 1 is 1.06 bits per heavy atom. The Kier molecular flexibility index (Phi) is 8.51. The van der Waals surface area contributed by atoms with Crippen LogP contribution in [-0.2, 0) is 11.0 Å². The normalized spacial score (nSPS) is 29.4. The van der Waals surface area contributed by atoms with E-state index in [0.717, 1.165) is 24.2 Å². The van der Waals surface area contributed by atoms with Crippen LogP contribution >= 0.6 is 12.4 Å². The van der Waals surface area contributed by atoms with Crippen molar-refractivity contribution in [3.8, 4) is 5.75 Å². The molecular weight excluding hydrogens is 430 g/mol. The first kappa shape index (κ1) is 26.8. The van der Waals surface area contributed by atoms with Crippen molar-refractivity contribution in [1.82, 2.24) is 4.90 Å². The molecule has 0 aromatic heterocycles. The predicted molar refractivity (Wildman–Crippen MR) is 141 cm³/mol. The first-order valence-corrected chi connectivity index (χ1v) is 13.5. The lowest BCUT2D eigenvalue weighted by Gasteiger charge is -2.55. The molecule has 0 bridgehead atoms. The summed E-state index contributed by atoms with van der Waals surface area (Å²) in [4.78, 5) is 2.66. The van der Waals surface area contributed by atoms with Crippen molar-refractivity contribution in [1.29, 1.82) is 0 Å². The van der Waals surface area contributed by atoms with Crippen LogP contribution < -0.4 is 4.74 Å². The number of hydrogen-bond donors (Lipinski definition) is 1. The second-order valence-electron chi connectivity index (χ2n) is 12.1. The van der Waals surface area contributed by atoms with Gasteiger partial charge in [0.2, 0.25) is 0 Å². The number of piperidine rings is 1. The largest absolute Gasteiger partial charge is 0.487 e. The molecule has 1 saturated heterocycles. The third kappa shape index (κ3) is 5.41. The van der Waals surface area contributed by atoms with Gasteiger partial charge in [0.1, 0.15) is 17.0 Å². The molecule has 2 heterocycles. The highest BCUT2D eigenvalue weighted by molar-refractivity contribution is 5.85. The van der Waals surface area contributed by atoms with Gasteiger partial charge in [-0.3, -0.25) is 0 Å². The number of unbranched alkanes of at least 4 members (excludes halogenated alkanes) is 3. The second-order valence-corrected chi connectivity index (χ2v) is 12.1. The van der Waals surface area contributed by atoms with Crippen molar-refractivity contribution < 1.29 is 9.84 Å². The van der Waals surface area contributed by atoms with Gasteiger partial charge in [-0.05, 0) is 82.5 Å². The van der Waals surface area contributed by atoms with Gasteiger partial charge in [0.15, 0.2) is 0 Å². The van der Waals surface area contributed by atoms with Crippen molar-refractivity contribution >= 4 is 12.4 Å². The van der Waals surface area contributed by atoms with Crippen molar-refractivity contribution in [2.24, 2.45) is 5.92 Å². The minimum absolute atomic E-state index is 0. The average molecular weight is 478 g/mol. The van der Waals surface area contributed by atoms with Gasteiger partial charge < -0.3 is 14.7 Å². The van der Waals surface area contributed by atoms with E-state index in [4.69, 9.17) is 4.74 Å². The highest BCUT2D eigenvalue weighted by Crippen LogP contribution is 2.55. The van der Waals surface area contributed by atoms with Crippen LogP contribution in [0.3, 0.4) is 0 Å². The first-order chi connectivity index (χ1) is 15.2. The maximum atomic E-state index is 12.3. The number of nitrogens with zero attached hydrogens (tertiary/aromatic N) is 1. The molecular formula is C29H48ClNO2. The number of hydrogen-bond acceptors (Lipinski definition) is 3. The van der Waals surface area contributed by atoms with E-state index in [9.17, 15) is 5.11 Å². The van der Waals surface area contributed by atoms with Crippen molar-refractivity contribution in [3.05, 3.63) is 29.3 Å². The fourth-order valence-electron chi connectivity index (χ4n) is 6.89. The quantitative estimate of drug-likeness (QED) is 0.416. The Balaban J connectivity index is 0.00000306. The summed E-state index contributed by atoms with van der Waals surface area (Å²) in [5.41, 5.74) is 1.36. The van der Waals surface area contributed by atoms with Crippen LogP contribution in [0, 0.1) is 5.92 Å². The zero-order chi connectivity index (χ0) is 23.0. The molecule has 1 saturated carbocycles. The highest BCUT2D eigenvalue weighted by Gasteiger charge is 2.56. The molecule has 0 amide bonds. The summed E-state index contributed by atoms with van der Waals surface area (Å²) in [6, 6.07) is 7.24. The standard InChI is InChI=1S/C29H47NO2.ClH/c1-6-7-8-10-17-27(2,3)22-13-15-24-25(20-22)32-28(4,5)26-16-14-23(21-29(24,26)31)30-18-11-9-12-19-30;/h13,15,20,23,26,31H,6-12,14,16-19,21H2,1-5H3;1H. The van der Waals surface area contributed by atoms with Gasteiger partial charge in [0, 0.05) is 17.5 Å². The molecule has 1 N–H and O–H groups in total. The lowest BCUT2D eigenvalue weighted by atomic mass is 9.62. The summed E-state index contributed by atoms with van der Waals surface area (Å²) in [6.07, 6.45) is 13.4. The van der Waals surface area contributed by atoms with E-state index in [2.05, 4.69) is 57.7 Å². The monoisotopic (exact) mass is 477 g/mol. The fourth-order valence-corrected chi connectivity index (χ4v) is 6.89. The van der Waals surface area contributed by atoms with Crippen molar-refractivity contribution in [3.63, 3.8) is 0 Å². The summed E-state index contributed by atoms with van der Waals surface area (Å²) in [6.45, 7) is 13.8. The summed E-state index contributed by atoms with van der Waals surface area (Å²) in [5.74, 6) is 1.07. The molecule has 0 radical (unpaired) electrons. The molecule has 4 rings (SSSR count). The number of ether oxygens (including phenoxy) is 1. The second kappa shape index (κ2) is 10.5. The van der Waals surface area contributed by atoms with E-state index >= 15 is 0 Å². The number of rotatable bonds is 7. The number of fused-ring (bicyclic) bond motifs is 3. The topological polar surface area (TPSA) is 32.7 Å². The molecule has 1 aromatic carbocycles. The smallest absolute Gasteiger partial charge is 0.126 e. The van der Waals surface area contributed by atoms with Crippen LogP contribution in [-0.4, -0.2) is 34.7 Å². The van der Waals surface area contributed by atoms with Crippen LogP contribution in [0.25, 0.3) is 0 Å². The molecule has 188 valence electrons. The van der Waals surface area contributed by atoms with Crippen LogP contribution in [0.15, 0.2) is 18.2 Å². The number of likely N-dealkylation sites (tertiary alicyclic amines) is 1. The molecule has 2 aliphatic heterocycles. The zero-order valence-electron chi connectivity index (χ0n) is 21.8. The molecule has 0 spiro atoms. The van der Waals surface area contributed by atoms with E-state index in [1.165, 1.54) is 76.4 Å². The summed E-state index contributed by atoms with van der Waals surface area (Å²) >= 11 is 0. The molecule has 3 nitrogen and oxygen atoms in total. The van der Waals surface area contributed by atoms with Crippen LogP contribution in [0.4, 0.5) is 0 Å². The van der Waals surface area contributed by atoms with Gasteiger partial charge in [-0.25, -0.2) is 0 Å². The molecule has 1 aromatic rings. The predicted octanol–water partition coefficient (Wildman–Crippen LogP) is 7.37. The Bertz CT molecular complexity index is 786. The maximum absolute atomic E-state index is 12.3. The Labute approximate surface area is 209 Å².